The minimum atomic E-state index is -4.83. The number of furan rings is 1. The highest BCUT2D eigenvalue weighted by Crippen LogP contribution is 2.50. The third-order valence-corrected chi connectivity index (χ3v) is 13.0. The molecule has 67 heavy (non-hydrogen) atoms. The molecule has 1 aliphatic heterocycles. The maximum Gasteiger partial charge on any atom is 0.418 e. The molecule has 9 aromatic carbocycles. The third-order valence-electron chi connectivity index (χ3n) is 13.0. The number of halogens is 3. The number of nitrogens with zero attached hydrogens (tertiary/aromatic N) is 4. The van der Waals surface area contributed by atoms with Crippen molar-refractivity contribution in [2.24, 2.45) is 9.98 Å². The highest BCUT2D eigenvalue weighted by molar-refractivity contribution is 6.30. The minimum absolute atomic E-state index is 0.0187. The number of aliphatic imine (C=N–C) groups is 2. The molecule has 0 saturated heterocycles. The third kappa shape index (κ3) is 6.12. The zero-order valence-electron chi connectivity index (χ0n) is 35.5. The van der Waals surface area contributed by atoms with Crippen LogP contribution in [-0.4, -0.2) is 20.8 Å². The molecule has 0 amide bonds. The largest absolute Gasteiger partial charge is 0.456 e. The Bertz CT molecular complexity index is 3980. The molecule has 13 rings (SSSR count). The van der Waals surface area contributed by atoms with E-state index in [1.165, 1.54) is 6.07 Å². The van der Waals surface area contributed by atoms with Crippen LogP contribution in [0.2, 0.25) is 0 Å². The van der Waals surface area contributed by atoms with Crippen LogP contribution in [-0.2, 0) is 6.18 Å². The zero-order valence-corrected chi connectivity index (χ0v) is 35.5. The van der Waals surface area contributed by atoms with Crippen molar-refractivity contribution in [2.45, 2.75) is 12.3 Å². The monoisotopic (exact) mass is 875 g/mol. The Morgan fingerprint density at radius 2 is 1.04 bits per heavy atom. The van der Waals surface area contributed by atoms with Gasteiger partial charge in [0.15, 0.2) is 12.0 Å². The van der Waals surface area contributed by atoms with Crippen LogP contribution >= 0.6 is 0 Å². The second kappa shape index (κ2) is 14.9. The van der Waals surface area contributed by atoms with Crippen molar-refractivity contribution in [1.82, 2.24) is 14.5 Å². The molecule has 0 saturated carbocycles. The first kappa shape index (κ1) is 38.7. The first-order chi connectivity index (χ1) is 32.9. The van der Waals surface area contributed by atoms with Gasteiger partial charge in [0.05, 0.1) is 38.7 Å². The van der Waals surface area contributed by atoms with Crippen LogP contribution < -0.4 is 5.32 Å². The molecule has 9 heteroatoms. The summed E-state index contributed by atoms with van der Waals surface area (Å²) in [4.78, 5) is 9.96. The molecule has 1 aliphatic rings. The second-order valence-electron chi connectivity index (χ2n) is 16.8. The number of alkyl halides is 3. The van der Waals surface area contributed by atoms with Gasteiger partial charge in [-0.25, -0.2) is 9.98 Å². The SMILES string of the molecule is FC(F)(F)c1cc(C2N=C(c3ccccc3)N=C(c3ccccc3)N2)c2oc3ccccc3c2c1-n1c2ccc(-c3ccccc3)cc2c2c3c4ccccc4n(-c4ccccc4)c3ccc21. The maximum absolute atomic E-state index is 16.5. The number of benzene rings is 9. The lowest BCUT2D eigenvalue weighted by Crippen LogP contribution is -2.34. The van der Waals surface area contributed by atoms with Crippen molar-refractivity contribution in [3.05, 3.63) is 229 Å². The highest BCUT2D eigenvalue weighted by atomic mass is 19.4. The summed E-state index contributed by atoms with van der Waals surface area (Å²) < 4.78 is 60.4. The molecule has 1 N–H and O–H groups in total. The number of rotatable bonds is 6. The number of hydrogen-bond donors (Lipinski definition) is 1. The quantitative estimate of drug-likeness (QED) is 0.181. The van der Waals surface area contributed by atoms with Gasteiger partial charge in [-0.05, 0) is 65.7 Å². The van der Waals surface area contributed by atoms with Gasteiger partial charge in [-0.1, -0.05) is 152 Å². The van der Waals surface area contributed by atoms with E-state index in [1.807, 2.05) is 156 Å². The van der Waals surface area contributed by atoms with Gasteiger partial charge in [-0.3, -0.25) is 0 Å². The average molecular weight is 876 g/mol. The maximum atomic E-state index is 16.5. The summed E-state index contributed by atoms with van der Waals surface area (Å²) >= 11 is 0. The standard InChI is InChI=1S/C58H36F3N5O/c59-58(60,61)44-34-43(57-63-55(36-19-7-2-8-20-36)62-56(64-57)37-21-9-3-10-22-37)54-52(41-26-14-16-28-49(41)67-54)53(44)66-46-30-29-38(35-17-5-1-6-18-35)33-42(46)51-48(66)32-31-47-50(51)40-25-13-15-27-45(40)65(47)39-23-11-4-12-24-39/h1-34,57H,(H,62,63,64). The highest BCUT2D eigenvalue weighted by Gasteiger charge is 2.40. The van der Waals surface area contributed by atoms with Crippen molar-refractivity contribution in [2.75, 3.05) is 0 Å². The molecule has 0 aliphatic carbocycles. The van der Waals surface area contributed by atoms with Crippen molar-refractivity contribution in [3.63, 3.8) is 0 Å². The number of amidine groups is 2. The predicted octanol–water partition coefficient (Wildman–Crippen LogP) is 15.0. The minimum Gasteiger partial charge on any atom is -0.456 e. The normalized spacial score (nSPS) is 14.3. The predicted molar refractivity (Wildman–Crippen MR) is 265 cm³/mol. The van der Waals surface area contributed by atoms with Gasteiger partial charge in [-0.2, -0.15) is 13.2 Å². The lowest BCUT2D eigenvalue weighted by molar-refractivity contribution is -0.137. The van der Waals surface area contributed by atoms with E-state index in [9.17, 15) is 0 Å². The summed E-state index contributed by atoms with van der Waals surface area (Å²) in [6, 6.07) is 66.2. The fraction of sp³-hybridized carbons (Fsp3) is 0.0345. The summed E-state index contributed by atoms with van der Waals surface area (Å²) in [5.41, 5.74) is 7.79. The summed E-state index contributed by atoms with van der Waals surface area (Å²) in [6.45, 7) is 0. The molecular formula is C58H36F3N5O. The second-order valence-corrected chi connectivity index (χ2v) is 16.8. The summed E-state index contributed by atoms with van der Waals surface area (Å²) in [5.74, 6) is 0.872. The molecule has 3 aromatic heterocycles. The van der Waals surface area contributed by atoms with E-state index < -0.39 is 17.9 Å². The molecule has 0 fully saturated rings. The summed E-state index contributed by atoms with van der Waals surface area (Å²) in [5, 5.41) is 7.92. The number of fused-ring (bicyclic) bond motifs is 10. The molecule has 0 bridgehead atoms. The van der Waals surface area contributed by atoms with Gasteiger partial charge in [0, 0.05) is 49.3 Å². The first-order valence-corrected chi connectivity index (χ1v) is 22.1. The van der Waals surface area contributed by atoms with Gasteiger partial charge in [0.1, 0.15) is 17.0 Å². The average Bonchev–Trinajstić information content (AvgIpc) is 4.04. The van der Waals surface area contributed by atoms with Crippen LogP contribution in [0.5, 0.6) is 0 Å². The van der Waals surface area contributed by atoms with Crippen LogP contribution in [0.15, 0.2) is 221 Å². The fourth-order valence-corrected chi connectivity index (χ4v) is 10.1. The van der Waals surface area contributed by atoms with Gasteiger partial charge in [-0.15, -0.1) is 0 Å². The molecule has 1 atom stereocenters. The van der Waals surface area contributed by atoms with Gasteiger partial charge in [0.25, 0.3) is 0 Å². The van der Waals surface area contributed by atoms with E-state index in [0.717, 1.165) is 60.5 Å². The Kier molecular flexibility index (Phi) is 8.64. The number of nitrogens with one attached hydrogen (secondary N) is 1. The molecule has 320 valence electrons. The van der Waals surface area contributed by atoms with Crippen molar-refractivity contribution < 1.29 is 17.6 Å². The first-order valence-electron chi connectivity index (χ1n) is 22.1. The van der Waals surface area contributed by atoms with E-state index in [2.05, 4.69) is 52.3 Å². The van der Waals surface area contributed by atoms with Crippen molar-refractivity contribution in [1.29, 1.82) is 0 Å². The Morgan fingerprint density at radius 3 is 1.76 bits per heavy atom. The molecule has 4 heterocycles. The summed E-state index contributed by atoms with van der Waals surface area (Å²) in [6.07, 6.45) is -5.83. The van der Waals surface area contributed by atoms with Gasteiger partial charge in [0.2, 0.25) is 0 Å². The Hall–Kier alpha value is -8.69. The van der Waals surface area contributed by atoms with Crippen LogP contribution in [0.4, 0.5) is 13.2 Å². The van der Waals surface area contributed by atoms with Gasteiger partial charge < -0.3 is 18.9 Å². The van der Waals surface area contributed by atoms with E-state index >= 15 is 13.2 Å². The van der Waals surface area contributed by atoms with E-state index in [1.54, 1.807) is 6.07 Å². The molecule has 6 nitrogen and oxygen atoms in total. The van der Waals surface area contributed by atoms with Crippen molar-refractivity contribution in [3.8, 4) is 22.5 Å². The van der Waals surface area contributed by atoms with Crippen molar-refractivity contribution >= 4 is 77.2 Å². The zero-order chi connectivity index (χ0) is 44.8. The topological polar surface area (TPSA) is 59.8 Å². The molecule has 0 radical (unpaired) electrons. The van der Waals surface area contributed by atoms with Gasteiger partial charge >= 0.3 is 6.18 Å². The van der Waals surface area contributed by atoms with Crippen LogP contribution in [0.25, 0.3) is 88.1 Å². The smallest absolute Gasteiger partial charge is 0.418 e. The van der Waals surface area contributed by atoms with E-state index in [-0.39, 0.29) is 11.3 Å². The molecular weight excluding hydrogens is 840 g/mol. The Balaban J connectivity index is 1.16. The lowest BCUT2D eigenvalue weighted by atomic mass is 9.98. The number of para-hydroxylation sites is 3. The van der Waals surface area contributed by atoms with Crippen LogP contribution in [0, 0.1) is 0 Å². The van der Waals surface area contributed by atoms with E-state index in [4.69, 9.17) is 14.4 Å². The van der Waals surface area contributed by atoms with Crippen LogP contribution in [0.1, 0.15) is 28.4 Å². The molecule has 0 spiro atoms. The van der Waals surface area contributed by atoms with Crippen LogP contribution in [0.3, 0.4) is 0 Å². The van der Waals surface area contributed by atoms with E-state index in [0.29, 0.717) is 44.6 Å². The molecule has 1 unspecified atom stereocenters. The number of hydrogen-bond acceptors (Lipinski definition) is 4. The molecule has 12 aromatic rings. The lowest BCUT2D eigenvalue weighted by Gasteiger charge is -2.25. The fourth-order valence-electron chi connectivity index (χ4n) is 10.1. The number of aromatic nitrogens is 2. The Morgan fingerprint density at radius 1 is 0.478 bits per heavy atom. The Labute approximate surface area is 381 Å². The summed E-state index contributed by atoms with van der Waals surface area (Å²) in [7, 11) is 0.